The first-order valence-electron chi connectivity index (χ1n) is 9.58. The van der Waals surface area contributed by atoms with Gasteiger partial charge in [-0.05, 0) is 73.4 Å². The van der Waals surface area contributed by atoms with E-state index in [2.05, 4.69) is 83.6 Å². The molecule has 0 saturated heterocycles. The van der Waals surface area contributed by atoms with Crippen molar-refractivity contribution in [2.24, 2.45) is 0 Å². The minimum Gasteiger partial charge on any atom is -0.238 e. The number of hydrogen-bond acceptors (Lipinski definition) is 1. The smallest absolute Gasteiger partial charge is 0.0577 e. The third-order valence-electron chi connectivity index (χ3n) is 5.26. The highest BCUT2D eigenvalue weighted by Gasteiger charge is 2.10. The van der Waals surface area contributed by atoms with E-state index in [9.17, 15) is 0 Å². The molecule has 0 radical (unpaired) electrons. The maximum Gasteiger partial charge on any atom is 0.0577 e. The number of benzene rings is 1. The number of aryl methyl sites for hydroxylation is 1. The van der Waals surface area contributed by atoms with E-state index in [1.54, 1.807) is 0 Å². The molecule has 0 amide bonds. The second-order valence-corrected chi connectivity index (χ2v) is 7.07. The van der Waals surface area contributed by atoms with Crippen molar-refractivity contribution in [1.82, 2.24) is 9.78 Å². The van der Waals surface area contributed by atoms with E-state index >= 15 is 0 Å². The minimum atomic E-state index is 0.591. The number of rotatable bonds is 7. The summed E-state index contributed by atoms with van der Waals surface area (Å²) in [4.78, 5) is 0. The molecular formula is C24H32N2. The van der Waals surface area contributed by atoms with E-state index in [1.807, 2.05) is 17.0 Å². The van der Waals surface area contributed by atoms with Crippen LogP contribution in [0.3, 0.4) is 0 Å². The summed E-state index contributed by atoms with van der Waals surface area (Å²) in [6.07, 6.45) is 10.3. The van der Waals surface area contributed by atoms with Gasteiger partial charge in [-0.1, -0.05) is 57.7 Å². The second-order valence-electron chi connectivity index (χ2n) is 7.07. The molecule has 0 aliphatic heterocycles. The zero-order valence-corrected chi connectivity index (χ0v) is 17.1. The van der Waals surface area contributed by atoms with Crippen LogP contribution in [-0.4, -0.2) is 9.78 Å². The first-order valence-corrected chi connectivity index (χ1v) is 9.58. The first-order chi connectivity index (χ1) is 12.4. The van der Waals surface area contributed by atoms with Gasteiger partial charge in [-0.2, -0.15) is 5.10 Å². The fourth-order valence-corrected chi connectivity index (χ4v) is 3.43. The summed E-state index contributed by atoms with van der Waals surface area (Å²) in [5.41, 5.74) is 8.75. The molecule has 0 aliphatic carbocycles. The predicted octanol–water partition coefficient (Wildman–Crippen LogP) is 6.71. The molecule has 2 rings (SSSR count). The molecule has 1 unspecified atom stereocenters. The molecule has 26 heavy (non-hydrogen) atoms. The topological polar surface area (TPSA) is 17.8 Å². The van der Waals surface area contributed by atoms with Crippen LogP contribution in [0.2, 0.25) is 0 Å². The van der Waals surface area contributed by atoms with Crippen molar-refractivity contribution in [2.75, 3.05) is 0 Å². The van der Waals surface area contributed by atoms with Crippen LogP contribution >= 0.6 is 0 Å². The van der Waals surface area contributed by atoms with Gasteiger partial charge in [0.1, 0.15) is 0 Å². The van der Waals surface area contributed by atoms with E-state index in [1.165, 1.54) is 33.5 Å². The first kappa shape index (κ1) is 20.0. The van der Waals surface area contributed by atoms with E-state index in [-0.39, 0.29) is 0 Å². The Balaban J connectivity index is 2.22. The van der Waals surface area contributed by atoms with Crippen LogP contribution in [0, 0.1) is 13.8 Å². The zero-order valence-electron chi connectivity index (χ0n) is 17.1. The standard InChI is InChI=1S/C24H32N2/c1-8-17(3)22-14-11-15-23(21(22)7)18(4)12-10-13-20(6)26-24(9-2)19(5)16-25-26/h10-17H,6,8-9H2,1-5,7H3/b13-10-,18-12+. The predicted molar refractivity (Wildman–Crippen MR) is 114 cm³/mol. The third-order valence-corrected chi connectivity index (χ3v) is 5.26. The van der Waals surface area contributed by atoms with Gasteiger partial charge in [0.2, 0.25) is 0 Å². The summed E-state index contributed by atoms with van der Waals surface area (Å²) >= 11 is 0. The summed E-state index contributed by atoms with van der Waals surface area (Å²) in [5.74, 6) is 0.591. The average molecular weight is 349 g/mol. The molecule has 1 aromatic heterocycles. The normalized spacial score (nSPS) is 13.4. The van der Waals surface area contributed by atoms with Crippen LogP contribution in [0.1, 0.15) is 68.0 Å². The van der Waals surface area contributed by atoms with Crippen LogP contribution < -0.4 is 0 Å². The molecule has 0 saturated carbocycles. The van der Waals surface area contributed by atoms with Gasteiger partial charge < -0.3 is 0 Å². The van der Waals surface area contributed by atoms with Crippen molar-refractivity contribution in [2.45, 2.75) is 60.3 Å². The Kier molecular flexibility index (Phi) is 6.79. The molecule has 138 valence electrons. The van der Waals surface area contributed by atoms with Crippen molar-refractivity contribution in [1.29, 1.82) is 0 Å². The van der Waals surface area contributed by atoms with Crippen LogP contribution in [0.4, 0.5) is 0 Å². The van der Waals surface area contributed by atoms with E-state index < -0.39 is 0 Å². The lowest BCUT2D eigenvalue weighted by molar-refractivity contribution is 0.728. The number of aromatic nitrogens is 2. The Morgan fingerprint density at radius 3 is 2.65 bits per heavy atom. The average Bonchev–Trinajstić information content (AvgIpc) is 3.01. The monoisotopic (exact) mass is 348 g/mol. The van der Waals surface area contributed by atoms with Crippen molar-refractivity contribution in [3.05, 3.63) is 77.2 Å². The second kappa shape index (κ2) is 8.84. The maximum atomic E-state index is 4.44. The van der Waals surface area contributed by atoms with E-state index in [4.69, 9.17) is 0 Å². The Hall–Kier alpha value is -2.35. The van der Waals surface area contributed by atoms with Gasteiger partial charge in [0, 0.05) is 5.69 Å². The minimum absolute atomic E-state index is 0.591. The Bertz CT molecular complexity index is 834. The van der Waals surface area contributed by atoms with Crippen LogP contribution in [0.15, 0.2) is 49.2 Å². The third kappa shape index (κ3) is 4.24. The quantitative estimate of drug-likeness (QED) is 0.509. The van der Waals surface area contributed by atoms with Crippen LogP contribution in [-0.2, 0) is 6.42 Å². The fourth-order valence-electron chi connectivity index (χ4n) is 3.43. The van der Waals surface area contributed by atoms with E-state index in [0.717, 1.165) is 18.5 Å². The summed E-state index contributed by atoms with van der Waals surface area (Å²) in [6, 6.07) is 6.63. The highest BCUT2D eigenvalue weighted by Crippen LogP contribution is 2.28. The Morgan fingerprint density at radius 1 is 1.27 bits per heavy atom. The number of allylic oxidation sites excluding steroid dienone is 5. The lowest BCUT2D eigenvalue weighted by Gasteiger charge is -2.16. The molecule has 0 aliphatic rings. The van der Waals surface area contributed by atoms with E-state index in [0.29, 0.717) is 5.92 Å². The Labute approximate surface area is 159 Å². The Morgan fingerprint density at radius 2 is 2.00 bits per heavy atom. The van der Waals surface area contributed by atoms with Gasteiger partial charge in [-0.3, -0.25) is 0 Å². The number of nitrogens with zero attached hydrogens (tertiary/aromatic N) is 2. The lowest BCUT2D eigenvalue weighted by Crippen LogP contribution is -2.01. The molecule has 2 nitrogen and oxygen atoms in total. The summed E-state index contributed by atoms with van der Waals surface area (Å²) < 4.78 is 1.93. The van der Waals surface area contributed by atoms with Crippen molar-refractivity contribution >= 4 is 11.3 Å². The van der Waals surface area contributed by atoms with Crippen LogP contribution in [0.5, 0.6) is 0 Å². The van der Waals surface area contributed by atoms with Crippen molar-refractivity contribution in [3.8, 4) is 0 Å². The molecule has 0 fully saturated rings. The van der Waals surface area contributed by atoms with Gasteiger partial charge in [-0.15, -0.1) is 0 Å². The highest BCUT2D eigenvalue weighted by atomic mass is 15.3. The molecule has 1 aromatic carbocycles. The molecule has 1 atom stereocenters. The van der Waals surface area contributed by atoms with Crippen LogP contribution in [0.25, 0.3) is 11.3 Å². The molecule has 2 aromatic rings. The summed E-state index contributed by atoms with van der Waals surface area (Å²) in [6.45, 7) is 17.4. The summed E-state index contributed by atoms with van der Waals surface area (Å²) in [5, 5.41) is 4.44. The fraction of sp³-hybridized carbons (Fsp3) is 0.375. The maximum absolute atomic E-state index is 4.44. The van der Waals surface area contributed by atoms with Gasteiger partial charge in [0.05, 0.1) is 11.9 Å². The molecule has 0 spiro atoms. The molecule has 0 N–H and O–H groups in total. The summed E-state index contributed by atoms with van der Waals surface area (Å²) in [7, 11) is 0. The van der Waals surface area contributed by atoms with Crippen molar-refractivity contribution in [3.63, 3.8) is 0 Å². The van der Waals surface area contributed by atoms with Gasteiger partial charge in [0.15, 0.2) is 0 Å². The molecule has 2 heteroatoms. The number of hydrogen-bond donors (Lipinski definition) is 0. The highest BCUT2D eigenvalue weighted by molar-refractivity contribution is 5.70. The zero-order chi connectivity index (χ0) is 19.3. The molecule has 0 bridgehead atoms. The molecule has 1 heterocycles. The lowest BCUT2D eigenvalue weighted by atomic mass is 9.89. The van der Waals surface area contributed by atoms with Crippen molar-refractivity contribution < 1.29 is 0 Å². The van der Waals surface area contributed by atoms with Gasteiger partial charge in [-0.25, -0.2) is 4.68 Å². The molecular weight excluding hydrogens is 316 g/mol. The van der Waals surface area contributed by atoms with Gasteiger partial charge >= 0.3 is 0 Å². The largest absolute Gasteiger partial charge is 0.238 e. The SMILES string of the molecule is C=C(/C=C\C=C(/C)c1cccc(C(C)CC)c1C)n1ncc(C)c1CC. The van der Waals surface area contributed by atoms with Gasteiger partial charge in [0.25, 0.3) is 0 Å².